The van der Waals surface area contributed by atoms with Crippen molar-refractivity contribution in [3.63, 3.8) is 0 Å². The molecule has 0 amide bonds. The molecule has 3 heteroatoms. The fraction of sp³-hybridized carbons (Fsp3) is 0.647. The van der Waals surface area contributed by atoms with E-state index in [1.807, 2.05) is 0 Å². The lowest BCUT2D eigenvalue weighted by Crippen LogP contribution is -2.55. The van der Waals surface area contributed by atoms with E-state index in [0.29, 0.717) is 6.04 Å². The van der Waals surface area contributed by atoms with Crippen molar-refractivity contribution >= 4 is 5.69 Å². The van der Waals surface area contributed by atoms with Gasteiger partial charge in [0.15, 0.2) is 0 Å². The normalized spacial score (nSPS) is 22.2. The lowest BCUT2D eigenvalue weighted by molar-refractivity contribution is 0.0537. The number of nitrogens with zero attached hydrogens (tertiary/aromatic N) is 1. The Hall–Kier alpha value is -1.22. The van der Waals surface area contributed by atoms with Crippen LogP contribution in [0.25, 0.3) is 0 Å². The first kappa shape index (κ1) is 13.7. The maximum absolute atomic E-state index is 6.38. The van der Waals surface area contributed by atoms with Gasteiger partial charge in [-0.15, -0.1) is 0 Å². The summed E-state index contributed by atoms with van der Waals surface area (Å²) in [6, 6.07) is 9.20. The molecule has 0 atom stereocenters. The van der Waals surface area contributed by atoms with Crippen LogP contribution in [0.4, 0.5) is 5.69 Å². The molecule has 1 saturated heterocycles. The third kappa shape index (κ3) is 2.39. The largest absolute Gasteiger partial charge is 0.483 e. The molecular weight excluding hydrogens is 248 g/mol. The van der Waals surface area contributed by atoms with Crippen LogP contribution in [-0.2, 0) is 0 Å². The van der Waals surface area contributed by atoms with E-state index in [4.69, 9.17) is 4.74 Å². The summed E-state index contributed by atoms with van der Waals surface area (Å²) in [5.41, 5.74) is 1.27. The second kappa shape index (κ2) is 5.65. The van der Waals surface area contributed by atoms with Crippen molar-refractivity contribution in [2.24, 2.45) is 0 Å². The molecule has 1 fully saturated rings. The van der Waals surface area contributed by atoms with Gasteiger partial charge in [0.1, 0.15) is 11.4 Å². The summed E-state index contributed by atoms with van der Waals surface area (Å²) in [4.78, 5) is 2.62. The zero-order chi connectivity index (χ0) is 14.0. The minimum Gasteiger partial charge on any atom is -0.483 e. The molecule has 1 N–H and O–H groups in total. The summed E-state index contributed by atoms with van der Waals surface area (Å²) in [5.74, 6) is 1.07. The van der Waals surface area contributed by atoms with Crippen LogP contribution in [0.5, 0.6) is 5.75 Å². The molecule has 0 spiro atoms. The van der Waals surface area contributed by atoms with Gasteiger partial charge >= 0.3 is 0 Å². The van der Waals surface area contributed by atoms with Gasteiger partial charge in [0.25, 0.3) is 0 Å². The Balaban J connectivity index is 1.94. The predicted octanol–water partition coefficient (Wildman–Crippen LogP) is 3.20. The van der Waals surface area contributed by atoms with E-state index in [9.17, 15) is 0 Å². The zero-order valence-electron chi connectivity index (χ0n) is 12.7. The fourth-order valence-electron chi connectivity index (χ4n) is 3.50. The maximum atomic E-state index is 6.38. The van der Waals surface area contributed by atoms with Gasteiger partial charge in [0.05, 0.1) is 12.2 Å². The average molecular weight is 274 g/mol. The number of ether oxygens (including phenoxy) is 1. The van der Waals surface area contributed by atoms with Crippen molar-refractivity contribution < 1.29 is 4.74 Å². The highest BCUT2D eigenvalue weighted by atomic mass is 16.5. The van der Waals surface area contributed by atoms with Crippen molar-refractivity contribution in [2.45, 2.75) is 51.2 Å². The first-order valence-corrected chi connectivity index (χ1v) is 8.03. The van der Waals surface area contributed by atoms with Crippen LogP contribution in [0.2, 0.25) is 0 Å². The third-order valence-corrected chi connectivity index (χ3v) is 5.00. The number of nitrogens with one attached hydrogen (secondary N) is 1. The van der Waals surface area contributed by atoms with Crippen LogP contribution in [0.3, 0.4) is 0 Å². The van der Waals surface area contributed by atoms with E-state index in [2.05, 4.69) is 48.3 Å². The summed E-state index contributed by atoms with van der Waals surface area (Å²) >= 11 is 0. The van der Waals surface area contributed by atoms with Crippen molar-refractivity contribution in [2.75, 3.05) is 24.5 Å². The summed E-state index contributed by atoms with van der Waals surface area (Å²) in [5, 5.41) is 3.47. The smallest absolute Gasteiger partial charge is 0.143 e. The Morgan fingerprint density at radius 2 is 1.90 bits per heavy atom. The molecule has 110 valence electrons. The monoisotopic (exact) mass is 274 g/mol. The third-order valence-electron chi connectivity index (χ3n) is 5.00. The van der Waals surface area contributed by atoms with E-state index < -0.39 is 0 Å². The van der Waals surface area contributed by atoms with Gasteiger partial charge in [-0.25, -0.2) is 0 Å². The van der Waals surface area contributed by atoms with E-state index in [0.717, 1.165) is 38.2 Å². The Bertz CT molecular complexity index is 450. The lowest BCUT2D eigenvalue weighted by Gasteiger charge is -2.48. The Morgan fingerprint density at radius 3 is 2.60 bits per heavy atom. The molecule has 20 heavy (non-hydrogen) atoms. The number of piperidine rings is 1. The van der Waals surface area contributed by atoms with Crippen LogP contribution >= 0.6 is 0 Å². The van der Waals surface area contributed by atoms with Gasteiger partial charge in [-0.3, -0.25) is 0 Å². The zero-order valence-corrected chi connectivity index (χ0v) is 12.7. The molecule has 0 unspecified atom stereocenters. The van der Waals surface area contributed by atoms with Crippen molar-refractivity contribution in [3.05, 3.63) is 24.3 Å². The van der Waals surface area contributed by atoms with Gasteiger partial charge in [-0.2, -0.15) is 0 Å². The Labute approximate surface area is 122 Å². The lowest BCUT2D eigenvalue weighted by atomic mass is 9.91. The van der Waals surface area contributed by atoms with Crippen LogP contribution in [0.15, 0.2) is 24.3 Å². The summed E-state index contributed by atoms with van der Waals surface area (Å²) < 4.78 is 6.38. The van der Waals surface area contributed by atoms with E-state index in [1.165, 1.54) is 18.5 Å². The van der Waals surface area contributed by atoms with Crippen molar-refractivity contribution in [1.82, 2.24) is 5.32 Å². The van der Waals surface area contributed by atoms with E-state index in [-0.39, 0.29) is 5.60 Å². The van der Waals surface area contributed by atoms with Gasteiger partial charge in [0, 0.05) is 6.04 Å². The number of hydrogen-bond acceptors (Lipinski definition) is 3. The molecule has 0 aromatic heterocycles. The van der Waals surface area contributed by atoms with E-state index >= 15 is 0 Å². The van der Waals surface area contributed by atoms with Gasteiger partial charge in [-0.1, -0.05) is 26.0 Å². The molecule has 2 aliphatic heterocycles. The first-order chi connectivity index (χ1) is 9.78. The number of benzene rings is 1. The molecule has 1 aromatic carbocycles. The van der Waals surface area contributed by atoms with Gasteiger partial charge in [-0.05, 0) is 50.9 Å². The molecule has 1 aromatic rings. The van der Waals surface area contributed by atoms with Crippen molar-refractivity contribution in [1.29, 1.82) is 0 Å². The molecule has 0 bridgehead atoms. The molecule has 0 saturated carbocycles. The number of rotatable bonds is 3. The minimum atomic E-state index is -0.0147. The van der Waals surface area contributed by atoms with Crippen LogP contribution in [-0.4, -0.2) is 31.3 Å². The van der Waals surface area contributed by atoms with Crippen LogP contribution in [0, 0.1) is 0 Å². The average Bonchev–Trinajstić information content (AvgIpc) is 2.54. The number of fused-ring (bicyclic) bond motifs is 1. The highest BCUT2D eigenvalue weighted by Crippen LogP contribution is 2.41. The standard InChI is InChI=1S/C17H26N2O/c1-3-17(4-2)13-19(14-9-11-18-12-10-14)15-7-5-6-8-16(15)20-17/h5-8,14,18H,3-4,9-13H2,1-2H3. The SMILES string of the molecule is CCC1(CC)CN(C2CCNCC2)c2ccccc2O1. The van der Waals surface area contributed by atoms with Crippen molar-refractivity contribution in [3.8, 4) is 5.75 Å². The minimum absolute atomic E-state index is 0.0147. The highest BCUT2D eigenvalue weighted by molar-refractivity contribution is 5.61. The molecule has 3 nitrogen and oxygen atoms in total. The number of hydrogen-bond donors (Lipinski definition) is 1. The first-order valence-electron chi connectivity index (χ1n) is 8.03. The van der Waals surface area contributed by atoms with Gasteiger partial charge in [0.2, 0.25) is 0 Å². The second-order valence-electron chi connectivity index (χ2n) is 6.07. The molecule has 0 radical (unpaired) electrons. The number of para-hydroxylation sites is 2. The number of anilines is 1. The Kier molecular flexibility index (Phi) is 3.88. The van der Waals surface area contributed by atoms with Crippen LogP contribution in [0.1, 0.15) is 39.5 Å². The topological polar surface area (TPSA) is 24.5 Å². The molecular formula is C17H26N2O. The molecule has 0 aliphatic carbocycles. The summed E-state index contributed by atoms with van der Waals surface area (Å²) in [7, 11) is 0. The predicted molar refractivity (Wildman–Crippen MR) is 83.6 cm³/mol. The highest BCUT2D eigenvalue weighted by Gasteiger charge is 2.39. The Morgan fingerprint density at radius 1 is 1.20 bits per heavy atom. The molecule has 3 rings (SSSR count). The van der Waals surface area contributed by atoms with E-state index in [1.54, 1.807) is 0 Å². The van der Waals surface area contributed by atoms with Crippen LogP contribution < -0.4 is 15.0 Å². The quantitative estimate of drug-likeness (QED) is 0.916. The summed E-state index contributed by atoms with van der Waals surface area (Å²) in [6.07, 6.45) is 4.61. The molecule has 2 aliphatic rings. The maximum Gasteiger partial charge on any atom is 0.143 e. The summed E-state index contributed by atoms with van der Waals surface area (Å²) in [6.45, 7) is 7.79. The molecule has 2 heterocycles. The second-order valence-corrected chi connectivity index (χ2v) is 6.07. The fourth-order valence-corrected chi connectivity index (χ4v) is 3.50. The van der Waals surface area contributed by atoms with Gasteiger partial charge < -0.3 is 15.0 Å².